The average molecular weight is 519 g/mol. The Hall–Kier alpha value is -2.20. The van der Waals surface area contributed by atoms with Crippen LogP contribution in [0.4, 0.5) is 18.9 Å². The molecular formula is C23H33F3N4O4S. The molecule has 1 aromatic rings. The molecule has 1 saturated heterocycles. The van der Waals surface area contributed by atoms with Gasteiger partial charge in [-0.2, -0.15) is 22.7 Å². The van der Waals surface area contributed by atoms with Gasteiger partial charge in [-0.1, -0.05) is 19.3 Å². The topological polar surface area (TPSA) is 114 Å². The molecule has 0 bridgehead atoms. The number of amides is 1. The molecule has 2 rings (SSSR count). The fourth-order valence-electron chi connectivity index (χ4n) is 3.91. The molecule has 196 valence electrons. The summed E-state index contributed by atoms with van der Waals surface area (Å²) in [6.45, 7) is 6.19. The van der Waals surface area contributed by atoms with Crippen molar-refractivity contribution in [3.05, 3.63) is 29.3 Å². The molecule has 1 atom stereocenters. The number of aliphatic hydroxyl groups is 1. The third-order valence-electron chi connectivity index (χ3n) is 6.17. The number of alkyl halides is 3. The normalized spacial score (nSPS) is 17.5. The van der Waals surface area contributed by atoms with E-state index in [1.54, 1.807) is 6.92 Å². The maximum absolute atomic E-state index is 13.1. The number of nitrogens with zero attached hydrogens (tertiary/aromatic N) is 3. The molecule has 1 fully saturated rings. The maximum Gasteiger partial charge on any atom is 0.417 e. The zero-order chi connectivity index (χ0) is 26.3. The summed E-state index contributed by atoms with van der Waals surface area (Å²) >= 11 is 0. The molecule has 0 spiro atoms. The van der Waals surface area contributed by atoms with Gasteiger partial charge in [0.05, 0.1) is 22.9 Å². The van der Waals surface area contributed by atoms with Crippen molar-refractivity contribution in [3.63, 3.8) is 0 Å². The van der Waals surface area contributed by atoms with Gasteiger partial charge < -0.3 is 15.3 Å². The number of carbonyl (C=O) groups is 1. The van der Waals surface area contributed by atoms with E-state index < -0.39 is 38.8 Å². The SMILES string of the molecule is CCS(=O)(=O)N1CCN(CCCCCCC(C)(O)C(=O)Nc2ccc(C#N)c(C(F)(F)F)c2)CC1. The molecule has 8 nitrogen and oxygen atoms in total. The number of halogens is 3. The summed E-state index contributed by atoms with van der Waals surface area (Å²) in [6, 6.07) is 4.34. The molecule has 1 aliphatic heterocycles. The van der Waals surface area contributed by atoms with Crippen LogP contribution in [0.25, 0.3) is 0 Å². The summed E-state index contributed by atoms with van der Waals surface area (Å²) in [7, 11) is -3.14. The van der Waals surface area contributed by atoms with Crippen molar-refractivity contribution < 1.29 is 31.5 Å². The van der Waals surface area contributed by atoms with Gasteiger partial charge in [0.1, 0.15) is 5.60 Å². The summed E-state index contributed by atoms with van der Waals surface area (Å²) in [6.07, 6.45) is -1.49. The number of unbranched alkanes of at least 4 members (excludes halogenated alkanes) is 3. The largest absolute Gasteiger partial charge is 0.417 e. The number of anilines is 1. The number of hydrogen-bond donors (Lipinski definition) is 2. The lowest BCUT2D eigenvalue weighted by atomic mass is 9.96. The van der Waals surface area contributed by atoms with Crippen molar-refractivity contribution in [2.75, 3.05) is 43.8 Å². The number of carbonyl (C=O) groups excluding carboxylic acids is 1. The van der Waals surface area contributed by atoms with Gasteiger partial charge in [0.25, 0.3) is 5.91 Å². The van der Waals surface area contributed by atoms with E-state index in [9.17, 15) is 31.5 Å². The van der Waals surface area contributed by atoms with E-state index >= 15 is 0 Å². The molecule has 12 heteroatoms. The molecule has 1 aliphatic rings. The lowest BCUT2D eigenvalue weighted by Gasteiger charge is -2.33. The Morgan fingerprint density at radius 1 is 1.14 bits per heavy atom. The number of rotatable bonds is 11. The number of sulfonamides is 1. The number of hydrogen-bond acceptors (Lipinski definition) is 6. The molecule has 0 aliphatic carbocycles. The Morgan fingerprint density at radius 3 is 2.34 bits per heavy atom. The summed E-state index contributed by atoms with van der Waals surface area (Å²) in [5, 5.41) is 21.7. The Morgan fingerprint density at radius 2 is 1.77 bits per heavy atom. The zero-order valence-corrected chi connectivity index (χ0v) is 20.9. The van der Waals surface area contributed by atoms with Crippen molar-refractivity contribution in [2.24, 2.45) is 0 Å². The van der Waals surface area contributed by atoms with Gasteiger partial charge >= 0.3 is 6.18 Å². The van der Waals surface area contributed by atoms with E-state index in [1.807, 2.05) is 0 Å². The standard InChI is InChI=1S/C23H33F3N4O4S/c1-3-35(33,34)30-14-12-29(13-15-30)11-7-5-4-6-10-22(2,32)21(31)28-19-9-8-18(17-27)20(16-19)23(24,25)26/h8-9,16,32H,3-7,10-15H2,1-2H3,(H,28,31). The second-order valence-electron chi connectivity index (χ2n) is 8.90. The number of benzene rings is 1. The summed E-state index contributed by atoms with van der Waals surface area (Å²) in [5.41, 5.74) is -3.60. The highest BCUT2D eigenvalue weighted by Gasteiger charge is 2.35. The van der Waals surface area contributed by atoms with E-state index in [4.69, 9.17) is 5.26 Å². The Bertz CT molecular complexity index is 1010. The fraction of sp³-hybridized carbons (Fsp3) is 0.652. The van der Waals surface area contributed by atoms with Gasteiger partial charge in [-0.15, -0.1) is 0 Å². The molecular weight excluding hydrogens is 485 g/mol. The van der Waals surface area contributed by atoms with Crippen LogP contribution in [-0.4, -0.2) is 72.7 Å². The van der Waals surface area contributed by atoms with Crippen molar-refractivity contribution in [1.29, 1.82) is 5.26 Å². The highest BCUT2D eigenvalue weighted by atomic mass is 32.2. The average Bonchev–Trinajstić information content (AvgIpc) is 2.81. The molecule has 1 unspecified atom stereocenters. The zero-order valence-electron chi connectivity index (χ0n) is 20.1. The van der Waals surface area contributed by atoms with E-state index in [0.717, 1.165) is 31.9 Å². The van der Waals surface area contributed by atoms with Crippen LogP contribution < -0.4 is 5.32 Å². The lowest BCUT2D eigenvalue weighted by Crippen LogP contribution is -2.49. The molecule has 1 aromatic carbocycles. The minimum absolute atomic E-state index is 0.108. The molecule has 1 heterocycles. The van der Waals surface area contributed by atoms with Crippen molar-refractivity contribution >= 4 is 21.6 Å². The predicted molar refractivity (Wildman–Crippen MR) is 126 cm³/mol. The Balaban J connectivity index is 1.72. The van der Waals surface area contributed by atoms with Gasteiger partial charge in [0.2, 0.25) is 10.0 Å². The first-order chi connectivity index (χ1) is 16.3. The van der Waals surface area contributed by atoms with Gasteiger partial charge in [-0.25, -0.2) is 8.42 Å². The van der Waals surface area contributed by atoms with Crippen molar-refractivity contribution in [3.8, 4) is 6.07 Å². The lowest BCUT2D eigenvalue weighted by molar-refractivity contribution is -0.138. The first-order valence-corrected chi connectivity index (χ1v) is 13.3. The van der Waals surface area contributed by atoms with Crippen LogP contribution in [0, 0.1) is 11.3 Å². The third-order valence-corrected chi connectivity index (χ3v) is 8.05. The van der Waals surface area contributed by atoms with Gasteiger partial charge in [0.15, 0.2) is 0 Å². The molecule has 0 saturated carbocycles. The van der Waals surface area contributed by atoms with Crippen molar-refractivity contribution in [1.82, 2.24) is 9.21 Å². The molecule has 0 radical (unpaired) electrons. The van der Waals surface area contributed by atoms with Crippen LogP contribution in [0.15, 0.2) is 18.2 Å². The van der Waals surface area contributed by atoms with Crippen LogP contribution >= 0.6 is 0 Å². The quantitative estimate of drug-likeness (QED) is 0.435. The minimum Gasteiger partial charge on any atom is -0.380 e. The fourth-order valence-corrected chi connectivity index (χ4v) is 4.99. The summed E-state index contributed by atoms with van der Waals surface area (Å²) in [5.74, 6) is -0.702. The van der Waals surface area contributed by atoms with E-state index in [2.05, 4.69) is 10.2 Å². The summed E-state index contributed by atoms with van der Waals surface area (Å²) in [4.78, 5) is 14.7. The third kappa shape index (κ3) is 8.45. The highest BCUT2D eigenvalue weighted by molar-refractivity contribution is 7.89. The van der Waals surface area contributed by atoms with E-state index in [0.29, 0.717) is 38.7 Å². The second-order valence-corrected chi connectivity index (χ2v) is 11.2. The number of nitrogens with one attached hydrogen (secondary N) is 1. The number of piperazine rings is 1. The molecule has 35 heavy (non-hydrogen) atoms. The van der Waals surface area contributed by atoms with Gasteiger partial charge in [-0.3, -0.25) is 4.79 Å². The Kier molecular flexibility index (Phi) is 10.1. The second kappa shape index (κ2) is 12.2. The van der Waals surface area contributed by atoms with Crippen LogP contribution in [0.2, 0.25) is 0 Å². The van der Waals surface area contributed by atoms with E-state index in [-0.39, 0.29) is 17.9 Å². The Labute approximate surface area is 204 Å². The van der Waals surface area contributed by atoms with E-state index in [1.165, 1.54) is 23.4 Å². The van der Waals surface area contributed by atoms with Crippen LogP contribution in [-0.2, 0) is 21.0 Å². The van der Waals surface area contributed by atoms with Crippen LogP contribution in [0.1, 0.15) is 57.1 Å². The maximum atomic E-state index is 13.1. The first kappa shape index (κ1) is 29.0. The van der Waals surface area contributed by atoms with Gasteiger partial charge in [-0.05, 0) is 51.4 Å². The first-order valence-electron chi connectivity index (χ1n) is 11.7. The monoisotopic (exact) mass is 518 g/mol. The molecule has 0 aromatic heterocycles. The van der Waals surface area contributed by atoms with Crippen molar-refractivity contribution in [2.45, 2.75) is 57.7 Å². The smallest absolute Gasteiger partial charge is 0.380 e. The highest BCUT2D eigenvalue weighted by Crippen LogP contribution is 2.33. The predicted octanol–water partition coefficient (Wildman–Crippen LogP) is 3.18. The minimum atomic E-state index is -4.74. The number of nitriles is 1. The van der Waals surface area contributed by atoms with Gasteiger partial charge in [0, 0.05) is 31.9 Å². The van der Waals surface area contributed by atoms with Crippen LogP contribution in [0.3, 0.4) is 0 Å². The van der Waals surface area contributed by atoms with Crippen LogP contribution in [0.5, 0.6) is 0 Å². The molecule has 2 N–H and O–H groups in total. The summed E-state index contributed by atoms with van der Waals surface area (Å²) < 4.78 is 64.7. The molecule has 1 amide bonds.